The second kappa shape index (κ2) is 3.05. The highest BCUT2D eigenvalue weighted by Gasteiger charge is 2.33. The van der Waals surface area contributed by atoms with E-state index in [0.717, 1.165) is 24.4 Å². The van der Waals surface area contributed by atoms with Crippen molar-refractivity contribution in [1.82, 2.24) is 0 Å². The van der Waals surface area contributed by atoms with Crippen molar-refractivity contribution in [3.05, 3.63) is 11.3 Å². The smallest absolute Gasteiger partial charge is 0.337 e. The molecule has 2 heterocycles. The maximum Gasteiger partial charge on any atom is 0.337 e. The van der Waals surface area contributed by atoms with Crippen molar-refractivity contribution < 1.29 is 14.3 Å². The topological polar surface area (TPSA) is 35.5 Å². The van der Waals surface area contributed by atoms with Gasteiger partial charge in [0.1, 0.15) is 5.76 Å². The molecule has 3 heteroatoms. The van der Waals surface area contributed by atoms with Crippen molar-refractivity contribution in [1.29, 1.82) is 0 Å². The van der Waals surface area contributed by atoms with Crippen LogP contribution in [-0.4, -0.2) is 19.2 Å². The van der Waals surface area contributed by atoms with E-state index in [1.54, 1.807) is 0 Å². The Morgan fingerprint density at radius 2 is 2.00 bits per heavy atom. The first-order chi connectivity index (χ1) is 6.18. The molecule has 0 saturated carbocycles. The number of hydrogen-bond acceptors (Lipinski definition) is 3. The molecule has 2 aliphatic rings. The Kier molecular flexibility index (Phi) is 2.02. The van der Waals surface area contributed by atoms with E-state index in [9.17, 15) is 4.79 Å². The lowest BCUT2D eigenvalue weighted by Gasteiger charge is -2.03. The van der Waals surface area contributed by atoms with Crippen LogP contribution < -0.4 is 0 Å². The van der Waals surface area contributed by atoms with Crippen LogP contribution in [-0.2, 0) is 14.3 Å². The van der Waals surface area contributed by atoms with Gasteiger partial charge in [0.2, 0.25) is 0 Å². The molecule has 72 valence electrons. The van der Waals surface area contributed by atoms with Crippen molar-refractivity contribution in [3.63, 3.8) is 0 Å². The van der Waals surface area contributed by atoms with Gasteiger partial charge in [-0.05, 0) is 5.92 Å². The Hall–Kier alpha value is -0.990. The highest BCUT2D eigenvalue weighted by Crippen LogP contribution is 2.32. The lowest BCUT2D eigenvalue weighted by atomic mass is 10.0. The Balaban J connectivity index is 2.26. The quantitative estimate of drug-likeness (QED) is 0.420. The normalized spacial score (nSPS) is 39.1. The van der Waals surface area contributed by atoms with Gasteiger partial charge in [0.15, 0.2) is 0 Å². The van der Waals surface area contributed by atoms with Crippen LogP contribution in [0.3, 0.4) is 0 Å². The Morgan fingerprint density at radius 1 is 1.23 bits per heavy atom. The summed E-state index contributed by atoms with van der Waals surface area (Å²) in [4.78, 5) is 11.3. The largest absolute Gasteiger partial charge is 0.497 e. The van der Waals surface area contributed by atoms with Crippen LogP contribution in [0.1, 0.15) is 20.3 Å². The number of esters is 1. The highest BCUT2D eigenvalue weighted by atomic mass is 16.5. The maximum atomic E-state index is 11.3. The molecule has 2 fully saturated rings. The van der Waals surface area contributed by atoms with E-state index in [0.29, 0.717) is 12.5 Å². The number of rotatable bonds is 0. The van der Waals surface area contributed by atoms with Gasteiger partial charge in [-0.15, -0.1) is 0 Å². The van der Waals surface area contributed by atoms with Crippen molar-refractivity contribution in [2.24, 2.45) is 11.8 Å². The summed E-state index contributed by atoms with van der Waals surface area (Å²) in [6, 6.07) is 0. The van der Waals surface area contributed by atoms with Gasteiger partial charge in [-0.2, -0.15) is 0 Å². The van der Waals surface area contributed by atoms with Crippen LogP contribution in [0.25, 0.3) is 0 Å². The molecule has 0 aromatic carbocycles. The van der Waals surface area contributed by atoms with Crippen LogP contribution in [0.2, 0.25) is 0 Å². The fraction of sp³-hybridized carbons (Fsp3) is 0.700. The molecule has 2 atom stereocenters. The number of carbonyl (C=O) groups excluding carboxylic acids is 1. The summed E-state index contributed by atoms with van der Waals surface area (Å²) < 4.78 is 10.4. The fourth-order valence-electron chi connectivity index (χ4n) is 1.82. The third kappa shape index (κ3) is 1.43. The summed E-state index contributed by atoms with van der Waals surface area (Å²) in [5.74, 6) is 1.41. The number of carbonyl (C=O) groups is 1. The molecule has 2 saturated heterocycles. The van der Waals surface area contributed by atoms with Gasteiger partial charge in [0.25, 0.3) is 0 Å². The number of cyclic esters (lactones) is 1. The van der Waals surface area contributed by atoms with E-state index < -0.39 is 0 Å². The van der Waals surface area contributed by atoms with Crippen LogP contribution in [0.4, 0.5) is 0 Å². The van der Waals surface area contributed by atoms with Crippen LogP contribution >= 0.6 is 0 Å². The zero-order valence-electron chi connectivity index (χ0n) is 8.00. The molecule has 0 radical (unpaired) electrons. The number of hydrogen-bond donors (Lipinski definition) is 0. The van der Waals surface area contributed by atoms with Crippen molar-refractivity contribution in [2.75, 3.05) is 13.2 Å². The molecule has 0 amide bonds. The summed E-state index contributed by atoms with van der Waals surface area (Å²) in [7, 11) is 0. The van der Waals surface area contributed by atoms with Gasteiger partial charge in [-0.3, -0.25) is 0 Å². The summed E-state index contributed by atoms with van der Waals surface area (Å²) in [5.41, 5.74) is 0.768. The minimum Gasteiger partial charge on any atom is -0.497 e. The third-order valence-electron chi connectivity index (χ3n) is 2.55. The van der Waals surface area contributed by atoms with Crippen LogP contribution in [0, 0.1) is 11.8 Å². The Labute approximate surface area is 77.7 Å². The van der Waals surface area contributed by atoms with Crippen LogP contribution in [0.5, 0.6) is 0 Å². The van der Waals surface area contributed by atoms with E-state index in [4.69, 9.17) is 9.47 Å². The standard InChI is InChI=1S/C10H14O3/c1-6-3-8(12-4-6)9-7(2)5-13-10(9)11/h6-7H,3-5H2,1-2H3/b9-8-/t6-,7+/m0/s1. The molecule has 0 aromatic rings. The summed E-state index contributed by atoms with van der Waals surface area (Å²) >= 11 is 0. The van der Waals surface area contributed by atoms with E-state index in [-0.39, 0.29) is 11.9 Å². The Morgan fingerprint density at radius 3 is 2.46 bits per heavy atom. The first kappa shape index (κ1) is 8.60. The predicted octanol–water partition coefficient (Wildman–Crippen LogP) is 1.49. The molecule has 0 aromatic heterocycles. The third-order valence-corrected chi connectivity index (χ3v) is 2.55. The van der Waals surface area contributed by atoms with E-state index in [1.165, 1.54) is 0 Å². The molecule has 0 N–H and O–H groups in total. The predicted molar refractivity (Wildman–Crippen MR) is 46.9 cm³/mol. The molecule has 2 aliphatic heterocycles. The average Bonchev–Trinajstić information content (AvgIpc) is 2.60. The Bertz CT molecular complexity index is 267. The fourth-order valence-corrected chi connectivity index (χ4v) is 1.82. The van der Waals surface area contributed by atoms with E-state index >= 15 is 0 Å². The lowest BCUT2D eigenvalue weighted by Crippen LogP contribution is -2.03. The number of allylic oxidation sites excluding steroid dienone is 1. The van der Waals surface area contributed by atoms with Gasteiger partial charge in [0.05, 0.1) is 18.8 Å². The molecule has 3 nitrogen and oxygen atoms in total. The van der Waals surface area contributed by atoms with Gasteiger partial charge in [0, 0.05) is 12.3 Å². The molecule has 13 heavy (non-hydrogen) atoms. The zero-order chi connectivity index (χ0) is 9.42. The van der Waals surface area contributed by atoms with Crippen molar-refractivity contribution in [2.45, 2.75) is 20.3 Å². The zero-order valence-corrected chi connectivity index (χ0v) is 8.00. The minimum atomic E-state index is -0.184. The lowest BCUT2D eigenvalue weighted by molar-refractivity contribution is -0.135. The first-order valence-corrected chi connectivity index (χ1v) is 4.71. The van der Waals surface area contributed by atoms with Gasteiger partial charge in [-0.25, -0.2) is 4.79 Å². The monoisotopic (exact) mass is 182 g/mol. The second-order valence-corrected chi connectivity index (χ2v) is 3.96. The van der Waals surface area contributed by atoms with E-state index in [1.807, 2.05) is 6.92 Å². The van der Waals surface area contributed by atoms with Crippen LogP contribution in [0.15, 0.2) is 11.3 Å². The molecule has 0 spiro atoms. The first-order valence-electron chi connectivity index (χ1n) is 4.71. The van der Waals surface area contributed by atoms with E-state index in [2.05, 4.69) is 6.92 Å². The molecular weight excluding hydrogens is 168 g/mol. The minimum absolute atomic E-state index is 0.184. The highest BCUT2D eigenvalue weighted by molar-refractivity contribution is 5.91. The molecule has 0 aliphatic carbocycles. The average molecular weight is 182 g/mol. The summed E-state index contributed by atoms with van der Waals surface area (Å²) in [6.45, 7) is 5.37. The summed E-state index contributed by atoms with van der Waals surface area (Å²) in [5, 5.41) is 0. The van der Waals surface area contributed by atoms with Crippen molar-refractivity contribution in [3.8, 4) is 0 Å². The van der Waals surface area contributed by atoms with Gasteiger partial charge in [-0.1, -0.05) is 13.8 Å². The summed E-state index contributed by atoms with van der Waals surface area (Å²) in [6.07, 6.45) is 0.884. The maximum absolute atomic E-state index is 11.3. The molecular formula is C10H14O3. The molecule has 0 unspecified atom stereocenters. The van der Waals surface area contributed by atoms with Crippen molar-refractivity contribution >= 4 is 5.97 Å². The SMILES string of the molecule is C[C@@H]1CO/C(=C2\C(=O)OC[C@H]2C)C1. The number of ether oxygens (including phenoxy) is 2. The second-order valence-electron chi connectivity index (χ2n) is 3.96. The molecule has 0 bridgehead atoms. The molecule has 2 rings (SSSR count). The van der Waals surface area contributed by atoms with Gasteiger partial charge < -0.3 is 9.47 Å². The van der Waals surface area contributed by atoms with Gasteiger partial charge >= 0.3 is 5.97 Å².